The normalized spacial score (nSPS) is 10.7. The van der Waals surface area contributed by atoms with Crippen LogP contribution in [0.1, 0.15) is 23.0 Å². The van der Waals surface area contributed by atoms with Gasteiger partial charge in [-0.3, -0.25) is 9.69 Å². The van der Waals surface area contributed by atoms with Crippen LogP contribution in [0.3, 0.4) is 0 Å². The van der Waals surface area contributed by atoms with Gasteiger partial charge in [0.25, 0.3) is 0 Å². The smallest absolute Gasteiger partial charge is 0.337 e. The van der Waals surface area contributed by atoms with E-state index >= 15 is 0 Å². The molecule has 0 saturated heterocycles. The molecule has 0 N–H and O–H groups in total. The second-order valence-electron chi connectivity index (χ2n) is 6.13. The predicted octanol–water partition coefficient (Wildman–Crippen LogP) is 4.37. The number of hydrogen-bond acceptors (Lipinski definition) is 7. The monoisotopic (exact) mass is 440 g/mol. The SMILES string of the molecule is COC(=O)c1ccc(OC(=O)/C=C/c2csc(N(C(C)=O)c3ccccc3F)n2)cc1. The largest absolute Gasteiger partial charge is 0.465 e. The Morgan fingerprint density at radius 2 is 1.81 bits per heavy atom. The Kier molecular flexibility index (Phi) is 6.88. The minimum atomic E-state index is -0.655. The van der Waals surface area contributed by atoms with E-state index in [1.807, 2.05) is 0 Å². The summed E-state index contributed by atoms with van der Waals surface area (Å²) in [6.45, 7) is 1.31. The van der Waals surface area contributed by atoms with Crippen LogP contribution in [0.2, 0.25) is 0 Å². The van der Waals surface area contributed by atoms with Gasteiger partial charge in [0.1, 0.15) is 11.6 Å². The molecule has 0 aliphatic carbocycles. The first-order chi connectivity index (χ1) is 14.9. The molecule has 0 aliphatic rings. The third-order valence-electron chi connectivity index (χ3n) is 3.99. The molecule has 0 unspecified atom stereocenters. The van der Waals surface area contributed by atoms with E-state index in [4.69, 9.17) is 4.74 Å². The third-order valence-corrected chi connectivity index (χ3v) is 4.84. The summed E-state index contributed by atoms with van der Waals surface area (Å²) < 4.78 is 23.9. The lowest BCUT2D eigenvalue weighted by atomic mass is 10.2. The molecule has 0 spiro atoms. The van der Waals surface area contributed by atoms with Crippen LogP contribution in [0, 0.1) is 5.82 Å². The fourth-order valence-corrected chi connectivity index (χ4v) is 3.42. The number of para-hydroxylation sites is 1. The van der Waals surface area contributed by atoms with Crippen molar-refractivity contribution < 1.29 is 28.2 Å². The molecule has 0 aliphatic heterocycles. The lowest BCUT2D eigenvalue weighted by Crippen LogP contribution is -2.23. The van der Waals surface area contributed by atoms with Crippen molar-refractivity contribution in [3.63, 3.8) is 0 Å². The minimum absolute atomic E-state index is 0.0923. The molecule has 3 aromatic rings. The van der Waals surface area contributed by atoms with E-state index in [0.29, 0.717) is 11.3 Å². The molecule has 158 valence electrons. The number of ether oxygens (including phenoxy) is 2. The minimum Gasteiger partial charge on any atom is -0.465 e. The first-order valence-corrected chi connectivity index (χ1v) is 9.86. The highest BCUT2D eigenvalue weighted by Crippen LogP contribution is 2.31. The molecule has 1 amide bonds. The van der Waals surface area contributed by atoms with Gasteiger partial charge in [-0.25, -0.2) is 19.0 Å². The topological polar surface area (TPSA) is 85.8 Å². The number of esters is 2. The van der Waals surface area contributed by atoms with E-state index < -0.39 is 23.7 Å². The lowest BCUT2D eigenvalue weighted by molar-refractivity contribution is -0.128. The molecule has 7 nitrogen and oxygen atoms in total. The molecule has 3 rings (SSSR count). The number of aromatic nitrogens is 1. The van der Waals surface area contributed by atoms with Crippen molar-refractivity contribution in [2.45, 2.75) is 6.92 Å². The van der Waals surface area contributed by atoms with Crippen molar-refractivity contribution in [2.24, 2.45) is 0 Å². The summed E-state index contributed by atoms with van der Waals surface area (Å²) in [7, 11) is 1.27. The van der Waals surface area contributed by atoms with Gasteiger partial charge in [0.2, 0.25) is 5.91 Å². The second kappa shape index (κ2) is 9.77. The van der Waals surface area contributed by atoms with Gasteiger partial charge in [-0.15, -0.1) is 11.3 Å². The molecule has 0 atom stereocenters. The predicted molar refractivity (Wildman–Crippen MR) is 114 cm³/mol. The van der Waals surface area contributed by atoms with Crippen LogP contribution in [-0.2, 0) is 14.3 Å². The maximum atomic E-state index is 14.1. The summed E-state index contributed by atoms with van der Waals surface area (Å²) in [5.74, 6) is -1.84. The van der Waals surface area contributed by atoms with Crippen molar-refractivity contribution in [3.8, 4) is 5.75 Å². The molecule has 0 saturated carbocycles. The van der Waals surface area contributed by atoms with Crippen LogP contribution in [0.15, 0.2) is 60.0 Å². The molecule has 0 fully saturated rings. The van der Waals surface area contributed by atoms with Crippen molar-refractivity contribution in [1.29, 1.82) is 0 Å². The molecule has 1 aromatic heterocycles. The van der Waals surface area contributed by atoms with Gasteiger partial charge < -0.3 is 9.47 Å². The third kappa shape index (κ3) is 5.40. The van der Waals surface area contributed by atoms with Crippen LogP contribution >= 0.6 is 11.3 Å². The Morgan fingerprint density at radius 3 is 2.45 bits per heavy atom. The number of anilines is 2. The maximum absolute atomic E-state index is 14.1. The Bertz CT molecular complexity index is 1140. The summed E-state index contributed by atoms with van der Waals surface area (Å²) in [4.78, 5) is 41.0. The van der Waals surface area contributed by atoms with E-state index in [1.54, 1.807) is 11.4 Å². The molecule has 9 heteroatoms. The van der Waals surface area contributed by atoms with Gasteiger partial charge in [0, 0.05) is 18.4 Å². The average molecular weight is 440 g/mol. The second-order valence-corrected chi connectivity index (χ2v) is 6.97. The molecular formula is C22H17FN2O5S. The van der Waals surface area contributed by atoms with Crippen LogP contribution in [0.5, 0.6) is 5.75 Å². The fourth-order valence-electron chi connectivity index (χ4n) is 2.58. The fraction of sp³-hybridized carbons (Fsp3) is 0.0909. The molecular weight excluding hydrogens is 423 g/mol. The van der Waals surface area contributed by atoms with E-state index in [-0.39, 0.29) is 16.6 Å². The van der Waals surface area contributed by atoms with Crippen molar-refractivity contribution in [2.75, 3.05) is 12.0 Å². The van der Waals surface area contributed by atoms with Crippen LogP contribution < -0.4 is 9.64 Å². The zero-order valence-corrected chi connectivity index (χ0v) is 17.4. The average Bonchev–Trinajstić information content (AvgIpc) is 3.22. The Labute approximate surface area is 181 Å². The van der Waals surface area contributed by atoms with Crippen molar-refractivity contribution in [3.05, 3.63) is 77.1 Å². The van der Waals surface area contributed by atoms with E-state index in [2.05, 4.69) is 9.72 Å². The summed E-state index contributed by atoms with van der Waals surface area (Å²) in [6, 6.07) is 11.8. The Balaban J connectivity index is 1.69. The van der Waals surface area contributed by atoms with Crippen molar-refractivity contribution in [1.82, 2.24) is 4.98 Å². The number of amides is 1. The Morgan fingerprint density at radius 1 is 1.10 bits per heavy atom. The number of hydrogen-bond donors (Lipinski definition) is 0. The number of methoxy groups -OCH3 is 1. The number of halogens is 1. The number of carbonyl (C=O) groups excluding carboxylic acids is 3. The van der Waals surface area contributed by atoms with E-state index in [0.717, 1.165) is 11.3 Å². The zero-order valence-electron chi connectivity index (χ0n) is 16.6. The number of nitrogens with zero attached hydrogens (tertiary/aromatic N) is 2. The zero-order chi connectivity index (χ0) is 22.4. The van der Waals surface area contributed by atoms with Gasteiger partial charge in [-0.05, 0) is 42.5 Å². The summed E-state index contributed by atoms with van der Waals surface area (Å²) in [5, 5.41) is 1.89. The van der Waals surface area contributed by atoms with Gasteiger partial charge >= 0.3 is 11.9 Å². The quantitative estimate of drug-likeness (QED) is 0.321. The van der Waals surface area contributed by atoms with Crippen LogP contribution in [-0.4, -0.2) is 29.9 Å². The number of thiazole rings is 1. The number of rotatable bonds is 6. The number of benzene rings is 2. The van der Waals surface area contributed by atoms with Gasteiger partial charge in [-0.2, -0.15) is 0 Å². The molecule has 0 bridgehead atoms. The summed E-state index contributed by atoms with van der Waals surface area (Å²) in [5.41, 5.74) is 0.827. The molecule has 0 radical (unpaired) electrons. The molecule has 1 heterocycles. The first-order valence-electron chi connectivity index (χ1n) is 8.98. The molecule has 31 heavy (non-hydrogen) atoms. The van der Waals surface area contributed by atoms with Crippen molar-refractivity contribution >= 4 is 46.1 Å². The van der Waals surface area contributed by atoms with E-state index in [9.17, 15) is 18.8 Å². The Hall–Kier alpha value is -3.85. The maximum Gasteiger partial charge on any atom is 0.337 e. The lowest BCUT2D eigenvalue weighted by Gasteiger charge is -2.18. The van der Waals surface area contributed by atoms with Gasteiger partial charge in [-0.1, -0.05) is 12.1 Å². The van der Waals surface area contributed by atoms with Crippen LogP contribution in [0.4, 0.5) is 15.2 Å². The van der Waals surface area contributed by atoms with Crippen LogP contribution in [0.25, 0.3) is 6.08 Å². The highest BCUT2D eigenvalue weighted by atomic mass is 32.1. The van der Waals surface area contributed by atoms with E-state index in [1.165, 1.54) is 73.6 Å². The molecule has 2 aromatic carbocycles. The summed E-state index contributed by atoms with van der Waals surface area (Å²) in [6.07, 6.45) is 2.60. The standard InChI is InChI=1S/C22H17FN2O5S/c1-14(26)25(19-6-4-3-5-18(19)23)22-24-16(13-31-22)9-12-20(27)30-17-10-7-15(8-11-17)21(28)29-2/h3-13H,1-2H3/b12-9+. The van der Waals surface area contributed by atoms with Gasteiger partial charge in [0.05, 0.1) is 24.1 Å². The summed E-state index contributed by atoms with van der Waals surface area (Å²) >= 11 is 1.13. The first kappa shape index (κ1) is 21.8. The number of carbonyl (C=O) groups is 3. The highest BCUT2D eigenvalue weighted by Gasteiger charge is 2.20. The van der Waals surface area contributed by atoms with Gasteiger partial charge in [0.15, 0.2) is 5.13 Å². The highest BCUT2D eigenvalue weighted by molar-refractivity contribution is 7.14.